The third-order valence-corrected chi connectivity index (χ3v) is 3.64. The van der Waals surface area contributed by atoms with E-state index in [1.165, 1.54) is 11.1 Å². The van der Waals surface area contributed by atoms with Gasteiger partial charge in [-0.3, -0.25) is 4.79 Å². The number of aryl methyl sites for hydroxylation is 2. The van der Waals surface area contributed by atoms with E-state index in [4.69, 9.17) is 0 Å². The maximum absolute atomic E-state index is 10.8. The highest BCUT2D eigenvalue weighted by molar-refractivity contribution is 5.87. The first kappa shape index (κ1) is 12.7. The number of hydrogen-bond acceptors (Lipinski definition) is 1. The molecule has 0 fully saturated rings. The Labute approximate surface area is 118 Å². The van der Waals surface area contributed by atoms with Crippen molar-refractivity contribution in [2.75, 3.05) is 0 Å². The lowest BCUT2D eigenvalue weighted by atomic mass is 10.1. The maximum atomic E-state index is 10.8. The van der Waals surface area contributed by atoms with Crippen LogP contribution < -0.4 is 0 Å². The standard InChI is InChI=1S/C18H17NO/c20-14-16-8-9-18-17(13-16)10-12-19(18)11-4-7-15-5-2-1-3-6-15/h1-3,5-6,8-10,12-14H,4,7,11H2. The van der Waals surface area contributed by atoms with E-state index in [1.54, 1.807) is 0 Å². The normalized spacial score (nSPS) is 10.8. The minimum absolute atomic E-state index is 0.736. The van der Waals surface area contributed by atoms with Gasteiger partial charge in [0.2, 0.25) is 0 Å². The Balaban J connectivity index is 1.70. The molecule has 1 aromatic heterocycles. The van der Waals surface area contributed by atoms with Crippen LogP contribution in [-0.4, -0.2) is 10.9 Å². The predicted molar refractivity (Wildman–Crippen MR) is 82.1 cm³/mol. The Hall–Kier alpha value is -2.35. The van der Waals surface area contributed by atoms with Crippen molar-refractivity contribution in [3.05, 3.63) is 71.9 Å². The topological polar surface area (TPSA) is 22.0 Å². The van der Waals surface area contributed by atoms with E-state index in [0.717, 1.165) is 36.6 Å². The molecule has 0 saturated carbocycles. The summed E-state index contributed by atoms with van der Waals surface area (Å²) in [6.45, 7) is 0.999. The molecule has 100 valence electrons. The van der Waals surface area contributed by atoms with Gasteiger partial charge in [0.1, 0.15) is 6.29 Å². The molecule has 20 heavy (non-hydrogen) atoms. The summed E-state index contributed by atoms with van der Waals surface area (Å²) in [5, 5.41) is 1.13. The second-order valence-corrected chi connectivity index (χ2v) is 5.03. The van der Waals surface area contributed by atoms with Crippen LogP contribution in [0, 0.1) is 0 Å². The zero-order valence-corrected chi connectivity index (χ0v) is 11.3. The number of carbonyl (C=O) groups excluding carboxylic acids is 1. The van der Waals surface area contributed by atoms with Crippen molar-refractivity contribution in [2.45, 2.75) is 19.4 Å². The quantitative estimate of drug-likeness (QED) is 0.635. The predicted octanol–water partition coefficient (Wildman–Crippen LogP) is 4.09. The minimum atomic E-state index is 0.736. The second-order valence-electron chi connectivity index (χ2n) is 5.03. The van der Waals surface area contributed by atoms with Crippen LogP contribution in [0.1, 0.15) is 22.3 Å². The fourth-order valence-corrected chi connectivity index (χ4v) is 2.59. The van der Waals surface area contributed by atoms with E-state index in [9.17, 15) is 4.79 Å². The van der Waals surface area contributed by atoms with Crippen molar-refractivity contribution in [3.8, 4) is 0 Å². The Morgan fingerprint density at radius 3 is 2.65 bits per heavy atom. The van der Waals surface area contributed by atoms with Crippen LogP contribution in [0.4, 0.5) is 0 Å². The van der Waals surface area contributed by atoms with Crippen LogP contribution in [0.5, 0.6) is 0 Å². The molecule has 0 aliphatic heterocycles. The van der Waals surface area contributed by atoms with E-state index in [1.807, 2.05) is 24.3 Å². The molecule has 0 aliphatic carbocycles. The molecule has 0 aliphatic rings. The third kappa shape index (κ3) is 2.64. The molecule has 0 unspecified atom stereocenters. The van der Waals surface area contributed by atoms with E-state index in [2.05, 4.69) is 41.1 Å². The molecule has 3 aromatic rings. The van der Waals surface area contributed by atoms with Crippen molar-refractivity contribution in [1.29, 1.82) is 0 Å². The lowest BCUT2D eigenvalue weighted by Gasteiger charge is -2.06. The van der Waals surface area contributed by atoms with Crippen molar-refractivity contribution < 1.29 is 4.79 Å². The van der Waals surface area contributed by atoms with Crippen molar-refractivity contribution >= 4 is 17.2 Å². The molecule has 0 spiro atoms. The summed E-state index contributed by atoms with van der Waals surface area (Å²) >= 11 is 0. The van der Waals surface area contributed by atoms with Crippen LogP contribution in [0.25, 0.3) is 10.9 Å². The summed E-state index contributed by atoms with van der Waals surface area (Å²) in [6, 6.07) is 18.5. The summed E-state index contributed by atoms with van der Waals surface area (Å²) in [6.07, 6.45) is 5.20. The summed E-state index contributed by atoms with van der Waals surface area (Å²) < 4.78 is 2.26. The Kier molecular flexibility index (Phi) is 3.64. The largest absolute Gasteiger partial charge is 0.347 e. The van der Waals surface area contributed by atoms with Gasteiger partial charge in [-0.05, 0) is 42.7 Å². The zero-order valence-electron chi connectivity index (χ0n) is 11.3. The molecule has 0 amide bonds. The summed E-state index contributed by atoms with van der Waals surface area (Å²) in [7, 11) is 0. The first-order valence-corrected chi connectivity index (χ1v) is 6.95. The van der Waals surface area contributed by atoms with E-state index in [-0.39, 0.29) is 0 Å². The fraction of sp³-hybridized carbons (Fsp3) is 0.167. The fourth-order valence-electron chi connectivity index (χ4n) is 2.59. The van der Waals surface area contributed by atoms with Gasteiger partial charge in [-0.25, -0.2) is 0 Å². The van der Waals surface area contributed by atoms with Crippen LogP contribution in [0.3, 0.4) is 0 Å². The zero-order chi connectivity index (χ0) is 13.8. The molecule has 0 radical (unpaired) electrons. The number of aromatic nitrogens is 1. The highest BCUT2D eigenvalue weighted by Crippen LogP contribution is 2.18. The molecule has 0 atom stereocenters. The monoisotopic (exact) mass is 263 g/mol. The molecule has 2 aromatic carbocycles. The molecule has 2 heteroatoms. The summed E-state index contributed by atoms with van der Waals surface area (Å²) in [5.74, 6) is 0. The van der Waals surface area contributed by atoms with E-state index < -0.39 is 0 Å². The third-order valence-electron chi connectivity index (χ3n) is 3.64. The number of rotatable bonds is 5. The highest BCUT2D eigenvalue weighted by Gasteiger charge is 2.02. The van der Waals surface area contributed by atoms with E-state index in [0.29, 0.717) is 0 Å². The highest BCUT2D eigenvalue weighted by atomic mass is 16.1. The molecule has 0 bridgehead atoms. The number of carbonyl (C=O) groups is 1. The molecular formula is C18H17NO. The average Bonchev–Trinajstić information content (AvgIpc) is 2.91. The second kappa shape index (κ2) is 5.74. The maximum Gasteiger partial charge on any atom is 0.150 e. The van der Waals surface area contributed by atoms with Gasteiger partial charge in [0.25, 0.3) is 0 Å². The van der Waals surface area contributed by atoms with Gasteiger partial charge in [-0.15, -0.1) is 0 Å². The van der Waals surface area contributed by atoms with Gasteiger partial charge >= 0.3 is 0 Å². The van der Waals surface area contributed by atoms with Gasteiger partial charge in [-0.2, -0.15) is 0 Å². The Morgan fingerprint density at radius 1 is 1.00 bits per heavy atom. The molecule has 0 saturated heterocycles. The van der Waals surface area contributed by atoms with Crippen LogP contribution in [-0.2, 0) is 13.0 Å². The van der Waals surface area contributed by atoms with Gasteiger partial charge in [0.15, 0.2) is 0 Å². The first-order valence-electron chi connectivity index (χ1n) is 6.95. The van der Waals surface area contributed by atoms with Gasteiger partial charge in [-0.1, -0.05) is 30.3 Å². The number of fused-ring (bicyclic) bond motifs is 1. The first-order chi connectivity index (χ1) is 9.86. The van der Waals surface area contributed by atoms with Crippen molar-refractivity contribution in [2.24, 2.45) is 0 Å². The number of hydrogen-bond donors (Lipinski definition) is 0. The molecule has 1 heterocycles. The molecule has 0 N–H and O–H groups in total. The smallest absolute Gasteiger partial charge is 0.150 e. The molecule has 3 rings (SSSR count). The SMILES string of the molecule is O=Cc1ccc2c(ccn2CCCc2ccccc2)c1. The Bertz CT molecular complexity index is 713. The van der Waals surface area contributed by atoms with E-state index >= 15 is 0 Å². The average molecular weight is 263 g/mol. The Morgan fingerprint density at radius 2 is 1.85 bits per heavy atom. The van der Waals surface area contributed by atoms with Crippen molar-refractivity contribution in [3.63, 3.8) is 0 Å². The molecule has 2 nitrogen and oxygen atoms in total. The summed E-state index contributed by atoms with van der Waals surface area (Å²) in [5.41, 5.74) is 3.32. The van der Waals surface area contributed by atoms with Gasteiger partial charge < -0.3 is 4.57 Å². The van der Waals surface area contributed by atoms with Crippen LogP contribution in [0.2, 0.25) is 0 Å². The van der Waals surface area contributed by atoms with Crippen LogP contribution >= 0.6 is 0 Å². The summed E-state index contributed by atoms with van der Waals surface area (Å²) in [4.78, 5) is 10.8. The van der Waals surface area contributed by atoms with Gasteiger partial charge in [0, 0.05) is 29.2 Å². The molecular weight excluding hydrogens is 246 g/mol. The van der Waals surface area contributed by atoms with Gasteiger partial charge in [0.05, 0.1) is 0 Å². The number of benzene rings is 2. The minimum Gasteiger partial charge on any atom is -0.347 e. The number of nitrogens with zero attached hydrogens (tertiary/aromatic N) is 1. The lowest BCUT2D eigenvalue weighted by molar-refractivity contribution is 0.112. The lowest BCUT2D eigenvalue weighted by Crippen LogP contribution is -1.98. The van der Waals surface area contributed by atoms with Crippen LogP contribution in [0.15, 0.2) is 60.8 Å². The van der Waals surface area contributed by atoms with Crippen molar-refractivity contribution in [1.82, 2.24) is 4.57 Å². The number of aldehydes is 1.